The normalized spacial score (nSPS) is 14.2. The van der Waals surface area contributed by atoms with Crippen LogP contribution in [-0.2, 0) is 10.0 Å². The number of nitrogens with zero attached hydrogens (tertiary/aromatic N) is 2. The number of sulfonamides is 1. The first-order valence-electron chi connectivity index (χ1n) is 9.51. The first-order chi connectivity index (χ1) is 14.4. The number of hydrogen-bond donors (Lipinski definition) is 3. The molecule has 0 bridgehead atoms. The molecule has 1 unspecified atom stereocenters. The molecule has 2 aromatic heterocycles. The van der Waals surface area contributed by atoms with Gasteiger partial charge in [0.15, 0.2) is 0 Å². The van der Waals surface area contributed by atoms with E-state index in [0.717, 1.165) is 26.4 Å². The molecular formula is C21H22N4O3S2. The van der Waals surface area contributed by atoms with E-state index in [4.69, 9.17) is 0 Å². The summed E-state index contributed by atoms with van der Waals surface area (Å²) in [6, 6.07) is 12.1. The van der Waals surface area contributed by atoms with E-state index < -0.39 is 16.1 Å². The zero-order valence-corrected chi connectivity index (χ0v) is 18.0. The lowest BCUT2D eigenvalue weighted by atomic mass is 10.1. The van der Waals surface area contributed by atoms with E-state index in [0.29, 0.717) is 13.1 Å². The van der Waals surface area contributed by atoms with E-state index in [2.05, 4.69) is 19.4 Å². The number of rotatable bonds is 8. The molecule has 0 amide bonds. The van der Waals surface area contributed by atoms with Crippen molar-refractivity contribution < 1.29 is 13.5 Å². The number of hydrogen-bond acceptors (Lipinski definition) is 7. The number of nitrogens with one attached hydrogen (secondary N) is 2. The van der Waals surface area contributed by atoms with Crippen LogP contribution in [0.15, 0.2) is 66.0 Å². The van der Waals surface area contributed by atoms with Crippen molar-refractivity contribution in [3.05, 3.63) is 66.6 Å². The third-order valence-electron chi connectivity index (χ3n) is 4.83. The Hall–Kier alpha value is -2.43. The molecule has 0 saturated carbocycles. The molecule has 0 aliphatic rings. The fraction of sp³-hybridized carbons (Fsp3) is 0.238. The molecule has 30 heavy (non-hydrogen) atoms. The second-order valence-corrected chi connectivity index (χ2v) is 9.75. The highest BCUT2D eigenvalue weighted by Crippen LogP contribution is 2.22. The Morgan fingerprint density at radius 3 is 2.77 bits per heavy atom. The van der Waals surface area contributed by atoms with E-state index >= 15 is 0 Å². The van der Waals surface area contributed by atoms with Crippen molar-refractivity contribution >= 4 is 42.4 Å². The van der Waals surface area contributed by atoms with Gasteiger partial charge in [-0.15, -0.1) is 0 Å². The molecule has 7 nitrogen and oxygen atoms in total. The van der Waals surface area contributed by atoms with Crippen LogP contribution in [0.2, 0.25) is 0 Å². The van der Waals surface area contributed by atoms with Crippen LogP contribution in [0.25, 0.3) is 20.9 Å². The maximum absolute atomic E-state index is 12.7. The summed E-state index contributed by atoms with van der Waals surface area (Å²) in [7, 11) is -3.65. The maximum atomic E-state index is 12.7. The van der Waals surface area contributed by atoms with Gasteiger partial charge in [-0.25, -0.2) is 13.1 Å². The fourth-order valence-corrected chi connectivity index (χ4v) is 5.16. The van der Waals surface area contributed by atoms with Crippen LogP contribution in [0, 0.1) is 0 Å². The number of aliphatic hydroxyl groups excluding tert-OH is 1. The van der Waals surface area contributed by atoms with Gasteiger partial charge in [0.25, 0.3) is 0 Å². The molecule has 4 aromatic rings. The van der Waals surface area contributed by atoms with Gasteiger partial charge in [-0.05, 0) is 59.7 Å². The molecule has 2 atom stereocenters. The molecule has 2 heterocycles. The lowest BCUT2D eigenvalue weighted by molar-refractivity contribution is 0.174. The van der Waals surface area contributed by atoms with Crippen LogP contribution in [0.5, 0.6) is 0 Å². The minimum absolute atomic E-state index is 0.214. The van der Waals surface area contributed by atoms with E-state index in [1.165, 1.54) is 11.5 Å². The van der Waals surface area contributed by atoms with Crippen LogP contribution in [0.1, 0.15) is 18.6 Å². The molecule has 0 fully saturated rings. The van der Waals surface area contributed by atoms with E-state index in [1.807, 2.05) is 18.2 Å². The number of aliphatic hydroxyl groups is 1. The van der Waals surface area contributed by atoms with E-state index in [1.54, 1.807) is 49.8 Å². The van der Waals surface area contributed by atoms with Crippen LogP contribution in [-0.4, -0.2) is 42.0 Å². The van der Waals surface area contributed by atoms with Gasteiger partial charge in [-0.2, -0.15) is 4.37 Å². The Balaban J connectivity index is 1.33. The molecule has 9 heteroatoms. The van der Waals surface area contributed by atoms with Crippen molar-refractivity contribution in [3.63, 3.8) is 0 Å². The Morgan fingerprint density at radius 2 is 1.90 bits per heavy atom. The van der Waals surface area contributed by atoms with Crippen molar-refractivity contribution in [1.82, 2.24) is 19.4 Å². The average Bonchev–Trinajstić information content (AvgIpc) is 3.20. The molecule has 4 rings (SSSR count). The first-order valence-corrected chi connectivity index (χ1v) is 11.8. The summed E-state index contributed by atoms with van der Waals surface area (Å²) in [5.41, 5.74) is 0.800. The Bertz CT molecular complexity index is 1270. The largest absolute Gasteiger partial charge is 0.387 e. The van der Waals surface area contributed by atoms with Gasteiger partial charge < -0.3 is 10.4 Å². The van der Waals surface area contributed by atoms with Gasteiger partial charge in [0.1, 0.15) is 0 Å². The highest BCUT2D eigenvalue weighted by Gasteiger charge is 2.18. The number of aromatic nitrogens is 2. The summed E-state index contributed by atoms with van der Waals surface area (Å²) in [4.78, 5) is 4.25. The molecule has 156 valence electrons. The highest BCUT2D eigenvalue weighted by molar-refractivity contribution is 7.89. The van der Waals surface area contributed by atoms with Crippen molar-refractivity contribution in [1.29, 1.82) is 0 Å². The molecule has 0 saturated heterocycles. The van der Waals surface area contributed by atoms with Gasteiger partial charge in [0, 0.05) is 48.5 Å². The SMILES string of the molecule is C[C@H](CNCC(O)c1ccc2sncc2c1)NS(=O)(=O)c1ccc2cnccc2c1. The van der Waals surface area contributed by atoms with Crippen molar-refractivity contribution in [2.75, 3.05) is 13.1 Å². The molecule has 2 aromatic carbocycles. The molecule has 3 N–H and O–H groups in total. The predicted octanol–water partition coefficient (Wildman–Crippen LogP) is 2.83. The summed E-state index contributed by atoms with van der Waals surface area (Å²) in [5.74, 6) is 0. The van der Waals surface area contributed by atoms with E-state index in [-0.39, 0.29) is 10.9 Å². The average molecular weight is 443 g/mol. The minimum Gasteiger partial charge on any atom is -0.387 e. The summed E-state index contributed by atoms with van der Waals surface area (Å²) in [6.07, 6.45) is 4.43. The Labute approximate surface area is 179 Å². The molecule has 0 aliphatic heterocycles. The van der Waals surface area contributed by atoms with Crippen LogP contribution in [0.4, 0.5) is 0 Å². The summed E-state index contributed by atoms with van der Waals surface area (Å²) >= 11 is 1.42. The standard InChI is InChI=1S/C21H22N4O3S2/c1-14(10-23-13-20(26)16-3-5-21-18(8-16)12-24-29-21)25-30(27,28)19-4-2-17-11-22-7-6-15(17)9-19/h2-9,11-12,14,20,23,25-26H,10,13H2,1H3/t14-,20?/m1/s1. The number of pyridine rings is 1. The van der Waals surface area contributed by atoms with Gasteiger partial charge in [-0.1, -0.05) is 12.1 Å². The predicted molar refractivity (Wildman–Crippen MR) is 119 cm³/mol. The summed E-state index contributed by atoms with van der Waals surface area (Å²) < 4.78 is 33.3. The molecule has 0 spiro atoms. The second-order valence-electron chi connectivity index (χ2n) is 7.20. The van der Waals surface area contributed by atoms with Crippen molar-refractivity contribution in [2.45, 2.75) is 24.0 Å². The highest BCUT2D eigenvalue weighted by atomic mass is 32.2. The number of fused-ring (bicyclic) bond motifs is 2. The van der Waals surface area contributed by atoms with Gasteiger partial charge in [0.05, 0.1) is 15.7 Å². The van der Waals surface area contributed by atoms with Crippen LogP contribution >= 0.6 is 11.5 Å². The zero-order valence-electron chi connectivity index (χ0n) is 16.3. The third-order valence-corrected chi connectivity index (χ3v) is 7.19. The number of benzene rings is 2. The summed E-state index contributed by atoms with van der Waals surface area (Å²) in [6.45, 7) is 2.49. The smallest absolute Gasteiger partial charge is 0.240 e. The lowest BCUT2D eigenvalue weighted by Gasteiger charge is -2.17. The topological polar surface area (TPSA) is 104 Å². The Kier molecular flexibility index (Phi) is 6.07. The van der Waals surface area contributed by atoms with Crippen LogP contribution in [0.3, 0.4) is 0 Å². The first kappa shape index (κ1) is 20.8. The summed E-state index contributed by atoms with van der Waals surface area (Å²) in [5, 5.41) is 16.3. The van der Waals surface area contributed by atoms with Gasteiger partial charge >= 0.3 is 0 Å². The minimum atomic E-state index is -3.65. The Morgan fingerprint density at radius 1 is 1.03 bits per heavy atom. The second kappa shape index (κ2) is 8.75. The zero-order chi connectivity index (χ0) is 21.1. The van der Waals surface area contributed by atoms with E-state index in [9.17, 15) is 13.5 Å². The van der Waals surface area contributed by atoms with Crippen molar-refractivity contribution in [3.8, 4) is 0 Å². The van der Waals surface area contributed by atoms with Crippen LogP contribution < -0.4 is 10.0 Å². The molecule has 0 radical (unpaired) electrons. The lowest BCUT2D eigenvalue weighted by Crippen LogP contribution is -2.40. The fourth-order valence-electron chi connectivity index (χ4n) is 3.26. The van der Waals surface area contributed by atoms with Gasteiger partial charge in [-0.3, -0.25) is 4.98 Å². The third kappa shape index (κ3) is 4.66. The van der Waals surface area contributed by atoms with Crippen molar-refractivity contribution in [2.24, 2.45) is 0 Å². The monoisotopic (exact) mass is 442 g/mol. The molecule has 0 aliphatic carbocycles. The molecular weight excluding hydrogens is 420 g/mol. The maximum Gasteiger partial charge on any atom is 0.240 e. The quantitative estimate of drug-likeness (QED) is 0.388. The van der Waals surface area contributed by atoms with Gasteiger partial charge in [0.2, 0.25) is 10.0 Å².